The molecule has 0 saturated carbocycles. The van der Waals surface area contributed by atoms with Crippen LogP contribution in [0.1, 0.15) is 12.5 Å². The van der Waals surface area contributed by atoms with Gasteiger partial charge in [-0.3, -0.25) is 4.79 Å². The number of rotatable bonds is 5. The van der Waals surface area contributed by atoms with Crippen molar-refractivity contribution in [1.82, 2.24) is 15.6 Å². The summed E-state index contributed by atoms with van der Waals surface area (Å²) < 4.78 is 4.94. The van der Waals surface area contributed by atoms with E-state index in [0.717, 1.165) is 5.56 Å². The summed E-state index contributed by atoms with van der Waals surface area (Å²) in [5.74, 6) is -0.635. The van der Waals surface area contributed by atoms with E-state index >= 15 is 0 Å². The fourth-order valence-corrected chi connectivity index (χ4v) is 1.16. The van der Waals surface area contributed by atoms with Crippen molar-refractivity contribution in [3.8, 4) is 5.88 Å². The molecule has 0 unspecified atom stereocenters. The summed E-state index contributed by atoms with van der Waals surface area (Å²) in [5, 5.41) is 13.4. The van der Waals surface area contributed by atoms with E-state index in [0.29, 0.717) is 5.88 Å². The summed E-state index contributed by atoms with van der Waals surface area (Å²) in [5.41, 5.74) is 0.806. The Kier molecular flexibility index (Phi) is 4.91. The van der Waals surface area contributed by atoms with E-state index in [2.05, 4.69) is 15.6 Å². The predicted octanol–water partition coefficient (Wildman–Crippen LogP) is 0.362. The average molecular weight is 253 g/mol. The zero-order chi connectivity index (χ0) is 13.5. The molecule has 1 rings (SSSR count). The molecule has 1 heterocycles. The summed E-state index contributed by atoms with van der Waals surface area (Å²) >= 11 is 0. The molecular formula is C11H15N3O4. The average Bonchev–Trinajstić information content (AvgIpc) is 2.36. The summed E-state index contributed by atoms with van der Waals surface area (Å²) in [6, 6.07) is 1.93. The van der Waals surface area contributed by atoms with Crippen molar-refractivity contribution >= 4 is 12.0 Å². The lowest BCUT2D eigenvalue weighted by atomic mass is 10.2. The number of hydrogen-bond donors (Lipinski definition) is 3. The van der Waals surface area contributed by atoms with E-state index in [4.69, 9.17) is 9.84 Å². The van der Waals surface area contributed by atoms with Crippen molar-refractivity contribution in [3.05, 3.63) is 23.9 Å². The quantitative estimate of drug-likeness (QED) is 0.703. The number of nitrogens with one attached hydrogen (secondary N) is 2. The van der Waals surface area contributed by atoms with Crippen LogP contribution >= 0.6 is 0 Å². The molecule has 0 bridgehead atoms. The molecule has 3 N–H and O–H groups in total. The molecule has 1 atom stereocenters. The van der Waals surface area contributed by atoms with E-state index in [1.807, 2.05) is 0 Å². The van der Waals surface area contributed by atoms with Gasteiger partial charge < -0.3 is 20.5 Å². The molecule has 0 fully saturated rings. The summed E-state index contributed by atoms with van der Waals surface area (Å²) in [4.78, 5) is 25.8. The highest BCUT2D eigenvalue weighted by atomic mass is 16.5. The highest BCUT2D eigenvalue weighted by molar-refractivity contribution is 5.82. The maximum absolute atomic E-state index is 11.4. The number of carboxylic acid groups (broad SMARTS) is 1. The Hall–Kier alpha value is -2.31. The molecule has 0 aliphatic rings. The van der Waals surface area contributed by atoms with Crippen LogP contribution in [0, 0.1) is 0 Å². The standard InChI is InChI=1S/C11H15N3O4/c1-7(10(15)16)14-11(17)13-6-8-3-4-12-9(5-8)18-2/h3-5,7H,6H2,1-2H3,(H,15,16)(H2,13,14,17)/t7-/m0/s1. The molecule has 2 amide bonds. The van der Waals surface area contributed by atoms with Gasteiger partial charge in [0.1, 0.15) is 6.04 Å². The number of carbonyl (C=O) groups is 2. The zero-order valence-electron chi connectivity index (χ0n) is 10.1. The van der Waals surface area contributed by atoms with Crippen molar-refractivity contribution in [2.45, 2.75) is 19.5 Å². The van der Waals surface area contributed by atoms with Crippen LogP contribution in [0.25, 0.3) is 0 Å². The number of carbonyl (C=O) groups excluding carboxylic acids is 1. The summed E-state index contributed by atoms with van der Waals surface area (Å²) in [6.45, 7) is 1.65. The Morgan fingerprint density at radius 3 is 2.89 bits per heavy atom. The zero-order valence-corrected chi connectivity index (χ0v) is 10.1. The largest absolute Gasteiger partial charge is 0.481 e. The second-order valence-corrected chi connectivity index (χ2v) is 3.59. The normalized spacial score (nSPS) is 11.4. The first-order valence-corrected chi connectivity index (χ1v) is 5.29. The predicted molar refractivity (Wildman–Crippen MR) is 63.3 cm³/mol. The first-order chi connectivity index (χ1) is 8.52. The molecule has 1 aromatic rings. The van der Waals surface area contributed by atoms with E-state index in [1.165, 1.54) is 14.0 Å². The molecule has 0 aliphatic heterocycles. The third-order valence-corrected chi connectivity index (χ3v) is 2.18. The van der Waals surface area contributed by atoms with Crippen LogP contribution in [0.5, 0.6) is 5.88 Å². The van der Waals surface area contributed by atoms with E-state index < -0.39 is 18.0 Å². The second-order valence-electron chi connectivity index (χ2n) is 3.59. The molecular weight excluding hydrogens is 238 g/mol. The molecule has 7 heteroatoms. The third kappa shape index (κ3) is 4.28. The molecule has 0 aliphatic carbocycles. The Bertz CT molecular complexity index is 436. The van der Waals surface area contributed by atoms with Crippen LogP contribution in [-0.4, -0.2) is 35.2 Å². The fourth-order valence-electron chi connectivity index (χ4n) is 1.16. The molecule has 98 valence electrons. The Morgan fingerprint density at radius 2 is 2.28 bits per heavy atom. The number of aliphatic carboxylic acids is 1. The second kappa shape index (κ2) is 6.43. The van der Waals surface area contributed by atoms with Gasteiger partial charge in [0.25, 0.3) is 0 Å². The van der Waals surface area contributed by atoms with Gasteiger partial charge >= 0.3 is 12.0 Å². The van der Waals surface area contributed by atoms with Gasteiger partial charge in [0.05, 0.1) is 7.11 Å². The third-order valence-electron chi connectivity index (χ3n) is 2.18. The van der Waals surface area contributed by atoms with Crippen LogP contribution in [0.4, 0.5) is 4.79 Å². The van der Waals surface area contributed by atoms with Crippen molar-refractivity contribution in [2.75, 3.05) is 7.11 Å². The van der Waals surface area contributed by atoms with Crippen LogP contribution in [0.3, 0.4) is 0 Å². The molecule has 1 aromatic heterocycles. The number of carboxylic acids is 1. The van der Waals surface area contributed by atoms with Gasteiger partial charge in [-0.2, -0.15) is 0 Å². The van der Waals surface area contributed by atoms with Crippen LogP contribution in [0.15, 0.2) is 18.3 Å². The van der Waals surface area contributed by atoms with Crippen LogP contribution in [-0.2, 0) is 11.3 Å². The van der Waals surface area contributed by atoms with Crippen LogP contribution in [0.2, 0.25) is 0 Å². The van der Waals surface area contributed by atoms with Crippen LogP contribution < -0.4 is 15.4 Å². The minimum atomic E-state index is -1.09. The fraction of sp³-hybridized carbons (Fsp3) is 0.364. The molecule has 0 aromatic carbocycles. The van der Waals surface area contributed by atoms with Crippen molar-refractivity contribution < 1.29 is 19.4 Å². The van der Waals surface area contributed by atoms with Gasteiger partial charge in [0.15, 0.2) is 0 Å². The van der Waals surface area contributed by atoms with Crippen molar-refractivity contribution in [1.29, 1.82) is 0 Å². The number of pyridine rings is 1. The van der Waals surface area contributed by atoms with Gasteiger partial charge in [-0.25, -0.2) is 9.78 Å². The summed E-state index contributed by atoms with van der Waals surface area (Å²) in [7, 11) is 1.50. The minimum Gasteiger partial charge on any atom is -0.481 e. The molecule has 7 nitrogen and oxygen atoms in total. The highest BCUT2D eigenvalue weighted by Crippen LogP contribution is 2.07. The molecule has 0 radical (unpaired) electrons. The summed E-state index contributed by atoms with van der Waals surface area (Å²) in [6.07, 6.45) is 1.56. The minimum absolute atomic E-state index is 0.261. The maximum atomic E-state index is 11.4. The van der Waals surface area contributed by atoms with Crippen molar-refractivity contribution in [3.63, 3.8) is 0 Å². The molecule has 0 spiro atoms. The van der Waals surface area contributed by atoms with Gasteiger partial charge in [0.2, 0.25) is 5.88 Å². The van der Waals surface area contributed by atoms with Gasteiger partial charge in [-0.1, -0.05) is 0 Å². The van der Waals surface area contributed by atoms with Gasteiger partial charge in [-0.15, -0.1) is 0 Å². The van der Waals surface area contributed by atoms with E-state index in [1.54, 1.807) is 18.3 Å². The maximum Gasteiger partial charge on any atom is 0.325 e. The Morgan fingerprint density at radius 1 is 1.56 bits per heavy atom. The molecule has 0 saturated heterocycles. The molecule has 18 heavy (non-hydrogen) atoms. The number of ether oxygens (including phenoxy) is 1. The lowest BCUT2D eigenvalue weighted by Crippen LogP contribution is -2.44. The van der Waals surface area contributed by atoms with Gasteiger partial charge in [-0.05, 0) is 18.6 Å². The smallest absolute Gasteiger partial charge is 0.325 e. The van der Waals surface area contributed by atoms with Gasteiger partial charge in [0, 0.05) is 18.8 Å². The SMILES string of the molecule is COc1cc(CNC(=O)N[C@@H](C)C(=O)O)ccn1. The number of urea groups is 1. The first kappa shape index (κ1) is 13.8. The highest BCUT2D eigenvalue weighted by Gasteiger charge is 2.13. The Labute approximate surface area is 104 Å². The monoisotopic (exact) mass is 253 g/mol. The topological polar surface area (TPSA) is 101 Å². The number of hydrogen-bond acceptors (Lipinski definition) is 4. The van der Waals surface area contributed by atoms with E-state index in [-0.39, 0.29) is 6.54 Å². The first-order valence-electron chi connectivity index (χ1n) is 5.29. The van der Waals surface area contributed by atoms with E-state index in [9.17, 15) is 9.59 Å². The number of nitrogens with zero attached hydrogens (tertiary/aromatic N) is 1. The number of methoxy groups -OCH3 is 1. The lowest BCUT2D eigenvalue weighted by molar-refractivity contribution is -0.138. The lowest BCUT2D eigenvalue weighted by Gasteiger charge is -2.10. The number of amides is 2. The Balaban J connectivity index is 2.44. The van der Waals surface area contributed by atoms with Crippen molar-refractivity contribution in [2.24, 2.45) is 0 Å². The number of aromatic nitrogens is 1.